The molecule has 1 aromatic rings. The van der Waals surface area contributed by atoms with Crippen molar-refractivity contribution < 1.29 is 0 Å². The summed E-state index contributed by atoms with van der Waals surface area (Å²) in [6.45, 7) is 0. The van der Waals surface area contributed by atoms with Crippen LogP contribution in [0.3, 0.4) is 0 Å². The molecule has 2 fully saturated rings. The van der Waals surface area contributed by atoms with Crippen LogP contribution >= 0.6 is 11.6 Å². The van der Waals surface area contributed by atoms with Gasteiger partial charge in [0.2, 0.25) is 0 Å². The van der Waals surface area contributed by atoms with E-state index in [9.17, 15) is 0 Å². The average molecular weight is 306 g/mol. The zero-order chi connectivity index (χ0) is 14.7. The molecular formula is C19H28ClN. The Kier molecular flexibility index (Phi) is 5.11. The van der Waals surface area contributed by atoms with Gasteiger partial charge in [-0.2, -0.15) is 0 Å². The molecule has 0 radical (unpaired) electrons. The summed E-state index contributed by atoms with van der Waals surface area (Å²) in [5.74, 6) is 0.686. The number of hydrogen-bond donors (Lipinski definition) is 0. The van der Waals surface area contributed by atoms with Gasteiger partial charge in [0.25, 0.3) is 0 Å². The molecule has 2 saturated carbocycles. The fourth-order valence-corrected chi connectivity index (χ4v) is 4.62. The van der Waals surface area contributed by atoms with E-state index in [4.69, 9.17) is 11.6 Å². The number of hydrogen-bond acceptors (Lipinski definition) is 1. The van der Waals surface area contributed by atoms with Crippen LogP contribution in [0.5, 0.6) is 0 Å². The monoisotopic (exact) mass is 305 g/mol. The van der Waals surface area contributed by atoms with Crippen molar-refractivity contribution in [3.8, 4) is 0 Å². The third-order valence-corrected chi connectivity index (χ3v) is 5.97. The minimum absolute atomic E-state index is 0.679. The summed E-state index contributed by atoms with van der Waals surface area (Å²) in [6.07, 6.45) is 13.5. The van der Waals surface area contributed by atoms with Crippen molar-refractivity contribution in [2.45, 2.75) is 76.2 Å². The molecule has 21 heavy (non-hydrogen) atoms. The van der Waals surface area contributed by atoms with Crippen molar-refractivity contribution in [2.75, 3.05) is 11.9 Å². The Morgan fingerprint density at radius 3 is 2.19 bits per heavy atom. The van der Waals surface area contributed by atoms with Gasteiger partial charge in [-0.3, -0.25) is 0 Å². The van der Waals surface area contributed by atoms with E-state index >= 15 is 0 Å². The lowest BCUT2D eigenvalue weighted by Gasteiger charge is -2.34. The van der Waals surface area contributed by atoms with Crippen molar-refractivity contribution >= 4 is 17.3 Å². The second-order valence-corrected chi connectivity index (χ2v) is 7.30. The summed E-state index contributed by atoms with van der Waals surface area (Å²) >= 11 is 6.81. The van der Waals surface area contributed by atoms with Crippen LogP contribution in [0.1, 0.15) is 75.7 Å². The third-order valence-electron chi connectivity index (χ3n) is 5.56. The molecule has 3 rings (SSSR count). The zero-order valence-electron chi connectivity index (χ0n) is 13.3. The second-order valence-electron chi connectivity index (χ2n) is 6.92. The molecule has 0 saturated heterocycles. The van der Waals surface area contributed by atoms with Gasteiger partial charge in [-0.1, -0.05) is 62.3 Å². The van der Waals surface area contributed by atoms with Gasteiger partial charge < -0.3 is 4.90 Å². The first-order chi connectivity index (χ1) is 10.3. The van der Waals surface area contributed by atoms with Gasteiger partial charge in [0, 0.05) is 13.1 Å². The molecule has 0 amide bonds. The second kappa shape index (κ2) is 7.05. The topological polar surface area (TPSA) is 3.24 Å². The van der Waals surface area contributed by atoms with E-state index in [-0.39, 0.29) is 0 Å². The molecule has 2 heteroatoms. The lowest BCUT2D eigenvalue weighted by Crippen LogP contribution is -2.33. The summed E-state index contributed by atoms with van der Waals surface area (Å²) < 4.78 is 0. The number of anilines is 1. The van der Waals surface area contributed by atoms with Crippen LogP contribution in [-0.4, -0.2) is 13.1 Å². The summed E-state index contributed by atoms with van der Waals surface area (Å²) in [5.41, 5.74) is 2.66. The largest absolute Gasteiger partial charge is 0.370 e. The first kappa shape index (κ1) is 15.2. The van der Waals surface area contributed by atoms with Crippen LogP contribution in [0.25, 0.3) is 0 Å². The van der Waals surface area contributed by atoms with Crippen LogP contribution in [0.4, 0.5) is 5.69 Å². The lowest BCUT2D eigenvalue weighted by atomic mass is 9.84. The first-order valence-corrected chi connectivity index (χ1v) is 9.16. The van der Waals surface area contributed by atoms with Crippen molar-refractivity contribution in [3.63, 3.8) is 0 Å². The first-order valence-electron chi connectivity index (χ1n) is 8.78. The van der Waals surface area contributed by atoms with E-state index < -0.39 is 0 Å². The molecule has 0 spiro atoms. The van der Waals surface area contributed by atoms with E-state index in [1.807, 2.05) is 0 Å². The molecular weight excluding hydrogens is 278 g/mol. The smallest absolute Gasteiger partial charge is 0.0674 e. The quantitative estimate of drug-likeness (QED) is 0.646. The van der Waals surface area contributed by atoms with Gasteiger partial charge in [0.1, 0.15) is 0 Å². The van der Waals surface area contributed by atoms with Crippen molar-refractivity contribution in [3.05, 3.63) is 28.8 Å². The Morgan fingerprint density at radius 1 is 0.905 bits per heavy atom. The van der Waals surface area contributed by atoms with Gasteiger partial charge in [0.05, 0.1) is 10.7 Å². The highest BCUT2D eigenvalue weighted by atomic mass is 35.5. The molecule has 0 atom stereocenters. The number of nitrogens with zero attached hydrogens (tertiary/aromatic N) is 1. The summed E-state index contributed by atoms with van der Waals surface area (Å²) in [6, 6.07) is 7.36. The molecule has 2 aliphatic rings. The minimum Gasteiger partial charge on any atom is -0.370 e. The summed E-state index contributed by atoms with van der Waals surface area (Å²) in [4.78, 5) is 2.45. The molecule has 0 unspecified atom stereocenters. The molecule has 0 bridgehead atoms. The van der Waals surface area contributed by atoms with E-state index in [0.717, 1.165) is 5.02 Å². The van der Waals surface area contributed by atoms with E-state index in [0.29, 0.717) is 12.0 Å². The van der Waals surface area contributed by atoms with Gasteiger partial charge in [-0.05, 0) is 43.2 Å². The predicted molar refractivity (Wildman–Crippen MR) is 92.6 cm³/mol. The highest BCUT2D eigenvalue weighted by Crippen LogP contribution is 2.41. The van der Waals surface area contributed by atoms with Gasteiger partial charge in [-0.15, -0.1) is 0 Å². The average Bonchev–Trinajstić information content (AvgIpc) is 2.56. The Morgan fingerprint density at radius 2 is 1.52 bits per heavy atom. The summed E-state index contributed by atoms with van der Waals surface area (Å²) in [5, 5.41) is 1.03. The Hall–Kier alpha value is -0.690. The van der Waals surface area contributed by atoms with Gasteiger partial charge in [0.15, 0.2) is 0 Å². The maximum atomic E-state index is 6.81. The molecule has 0 aromatic heterocycles. The Labute approximate surface area is 134 Å². The van der Waals surface area contributed by atoms with Crippen LogP contribution in [-0.2, 0) is 0 Å². The summed E-state index contributed by atoms with van der Waals surface area (Å²) in [7, 11) is 2.24. The highest BCUT2D eigenvalue weighted by Gasteiger charge is 2.23. The van der Waals surface area contributed by atoms with Gasteiger partial charge >= 0.3 is 0 Å². The molecule has 0 N–H and O–H groups in total. The van der Waals surface area contributed by atoms with Crippen molar-refractivity contribution in [1.29, 1.82) is 0 Å². The fourth-order valence-electron chi connectivity index (χ4n) is 4.20. The lowest BCUT2D eigenvalue weighted by molar-refractivity contribution is 0.427. The maximum Gasteiger partial charge on any atom is 0.0674 e. The van der Waals surface area contributed by atoms with Crippen LogP contribution in [0, 0.1) is 0 Å². The fraction of sp³-hybridized carbons (Fsp3) is 0.684. The molecule has 116 valence electrons. The molecule has 2 aliphatic carbocycles. The highest BCUT2D eigenvalue weighted by molar-refractivity contribution is 6.34. The predicted octanol–water partition coefficient (Wildman–Crippen LogP) is 6.16. The molecule has 1 nitrogen and oxygen atoms in total. The van der Waals surface area contributed by atoms with E-state index in [1.165, 1.54) is 75.5 Å². The Bertz CT molecular complexity index is 459. The van der Waals surface area contributed by atoms with Crippen LogP contribution in [0.2, 0.25) is 5.02 Å². The van der Waals surface area contributed by atoms with Crippen LogP contribution < -0.4 is 4.90 Å². The maximum absolute atomic E-state index is 6.81. The van der Waals surface area contributed by atoms with Crippen LogP contribution in [0.15, 0.2) is 18.2 Å². The van der Waals surface area contributed by atoms with E-state index in [2.05, 4.69) is 30.1 Å². The Balaban J connectivity index is 1.81. The number of halogens is 1. The number of benzene rings is 1. The SMILES string of the molecule is CN(c1cccc(C2CCCCC2)c1Cl)C1CCCCC1. The third kappa shape index (κ3) is 3.39. The number of rotatable bonds is 3. The van der Waals surface area contributed by atoms with Crippen molar-refractivity contribution in [2.24, 2.45) is 0 Å². The molecule has 0 heterocycles. The molecule has 0 aliphatic heterocycles. The minimum atomic E-state index is 0.679. The normalized spacial score (nSPS) is 21.4. The van der Waals surface area contributed by atoms with Gasteiger partial charge in [-0.25, -0.2) is 0 Å². The van der Waals surface area contributed by atoms with Crippen molar-refractivity contribution in [1.82, 2.24) is 0 Å². The standard InChI is InChI=1S/C19H28ClN/c1-21(16-11-6-3-7-12-16)18-14-8-13-17(19(18)20)15-9-4-2-5-10-15/h8,13-16H,2-7,9-12H2,1H3. The zero-order valence-corrected chi connectivity index (χ0v) is 14.0. The molecule has 1 aromatic carbocycles. The van der Waals surface area contributed by atoms with E-state index in [1.54, 1.807) is 0 Å².